The first-order valence-electron chi connectivity index (χ1n) is 12.2. The number of thiocarbonyl (C=S) groups is 1. The van der Waals surface area contributed by atoms with E-state index in [1.54, 1.807) is 48.5 Å². The molecule has 3 aromatic carbocycles. The average molecular weight is 611 g/mol. The quantitative estimate of drug-likeness (QED) is 0.147. The normalized spacial score (nSPS) is 11.4. The van der Waals surface area contributed by atoms with Crippen molar-refractivity contribution in [3.8, 4) is 22.8 Å². The van der Waals surface area contributed by atoms with Gasteiger partial charge in [-0.25, -0.2) is 4.98 Å². The number of benzene rings is 3. The van der Waals surface area contributed by atoms with Gasteiger partial charge in [-0.3, -0.25) is 10.1 Å². The Kier molecular flexibility index (Phi) is 8.28. The summed E-state index contributed by atoms with van der Waals surface area (Å²) in [4.78, 5) is 17.1. The molecule has 0 aliphatic heterocycles. The van der Waals surface area contributed by atoms with Crippen LogP contribution in [0.2, 0.25) is 15.1 Å². The monoisotopic (exact) mass is 609 g/mol. The maximum Gasteiger partial charge on any atom is 0.250 e. The van der Waals surface area contributed by atoms with Gasteiger partial charge in [-0.2, -0.15) is 0 Å². The van der Waals surface area contributed by atoms with E-state index in [1.807, 2.05) is 18.2 Å². The molecule has 0 atom stereocenters. The standard InChI is InChI=1S/C30H22Cl3N3O3S/c1-16(2)17-7-11-26-24(14-17)34-29(39-26)18-6-10-21(31)23(15-18)35-30(40)36-27(37)13-9-19-8-12-25(38-19)20-4-3-5-22(32)28(20)33/h3-16H,1-2H3,(H2,35,36,37,40). The van der Waals surface area contributed by atoms with E-state index in [-0.39, 0.29) is 5.11 Å². The van der Waals surface area contributed by atoms with Crippen molar-refractivity contribution < 1.29 is 13.6 Å². The molecule has 5 aromatic rings. The molecule has 0 aliphatic carbocycles. The number of aromatic nitrogens is 1. The summed E-state index contributed by atoms with van der Waals surface area (Å²) in [5, 5.41) is 6.85. The van der Waals surface area contributed by atoms with E-state index in [1.165, 1.54) is 17.7 Å². The summed E-state index contributed by atoms with van der Waals surface area (Å²) in [6.45, 7) is 4.26. The Balaban J connectivity index is 1.24. The Morgan fingerprint density at radius 2 is 1.80 bits per heavy atom. The van der Waals surface area contributed by atoms with Crippen molar-refractivity contribution in [3.05, 3.63) is 99.2 Å². The summed E-state index contributed by atoms with van der Waals surface area (Å²) < 4.78 is 11.7. The highest BCUT2D eigenvalue weighted by Gasteiger charge is 2.14. The lowest BCUT2D eigenvalue weighted by Gasteiger charge is -2.10. The zero-order valence-electron chi connectivity index (χ0n) is 21.3. The number of oxazole rings is 1. The van der Waals surface area contributed by atoms with Gasteiger partial charge >= 0.3 is 0 Å². The molecule has 0 bridgehead atoms. The van der Waals surface area contributed by atoms with Crippen molar-refractivity contribution in [1.29, 1.82) is 0 Å². The van der Waals surface area contributed by atoms with Crippen molar-refractivity contribution >= 4 is 80.9 Å². The third-order valence-electron chi connectivity index (χ3n) is 6.02. The molecule has 2 N–H and O–H groups in total. The third kappa shape index (κ3) is 6.24. The lowest BCUT2D eigenvalue weighted by Crippen LogP contribution is -2.32. The molecule has 0 aliphatic rings. The summed E-state index contributed by atoms with van der Waals surface area (Å²) in [5.74, 6) is 1.36. The van der Waals surface area contributed by atoms with E-state index in [0.717, 1.165) is 5.52 Å². The fourth-order valence-corrected chi connectivity index (χ4v) is 4.70. The topological polar surface area (TPSA) is 80.3 Å². The van der Waals surface area contributed by atoms with Crippen LogP contribution in [-0.4, -0.2) is 16.0 Å². The molecule has 202 valence electrons. The molecule has 0 radical (unpaired) electrons. The van der Waals surface area contributed by atoms with Crippen molar-refractivity contribution in [3.63, 3.8) is 0 Å². The van der Waals surface area contributed by atoms with Crippen LogP contribution in [0, 0.1) is 0 Å². The number of anilines is 1. The van der Waals surface area contributed by atoms with Crippen LogP contribution in [-0.2, 0) is 4.79 Å². The van der Waals surface area contributed by atoms with E-state index in [4.69, 9.17) is 55.9 Å². The van der Waals surface area contributed by atoms with E-state index in [9.17, 15) is 4.79 Å². The number of carbonyl (C=O) groups is 1. The van der Waals surface area contributed by atoms with Gasteiger partial charge in [-0.15, -0.1) is 0 Å². The molecule has 10 heteroatoms. The van der Waals surface area contributed by atoms with Crippen LogP contribution in [0.5, 0.6) is 0 Å². The second-order valence-corrected chi connectivity index (χ2v) is 10.8. The minimum absolute atomic E-state index is 0.0682. The van der Waals surface area contributed by atoms with Gasteiger partial charge in [0, 0.05) is 17.2 Å². The van der Waals surface area contributed by atoms with Crippen LogP contribution < -0.4 is 10.6 Å². The summed E-state index contributed by atoms with van der Waals surface area (Å²) >= 11 is 24.1. The van der Waals surface area contributed by atoms with E-state index in [0.29, 0.717) is 60.8 Å². The molecule has 0 saturated carbocycles. The Morgan fingerprint density at radius 3 is 2.60 bits per heavy atom. The highest BCUT2D eigenvalue weighted by atomic mass is 35.5. The van der Waals surface area contributed by atoms with E-state index < -0.39 is 5.91 Å². The van der Waals surface area contributed by atoms with Gasteiger partial charge in [0.05, 0.1) is 20.8 Å². The van der Waals surface area contributed by atoms with Crippen LogP contribution in [0.4, 0.5) is 5.69 Å². The predicted molar refractivity (Wildman–Crippen MR) is 166 cm³/mol. The zero-order valence-corrected chi connectivity index (χ0v) is 24.4. The lowest BCUT2D eigenvalue weighted by molar-refractivity contribution is -0.115. The van der Waals surface area contributed by atoms with Crippen LogP contribution in [0.3, 0.4) is 0 Å². The molecular weight excluding hydrogens is 589 g/mol. The zero-order chi connectivity index (χ0) is 28.4. The SMILES string of the molecule is CC(C)c1ccc2oc(-c3ccc(Cl)c(NC(=S)NC(=O)C=Cc4ccc(-c5cccc(Cl)c5Cl)o4)c3)nc2c1. The number of nitrogens with zero attached hydrogens (tertiary/aromatic N) is 1. The Bertz CT molecular complexity index is 1770. The minimum atomic E-state index is -0.455. The van der Waals surface area contributed by atoms with Gasteiger partial charge in [-0.1, -0.05) is 60.8 Å². The largest absolute Gasteiger partial charge is 0.457 e. The molecule has 0 fully saturated rings. The maximum atomic E-state index is 12.5. The number of furan rings is 1. The van der Waals surface area contributed by atoms with Crippen molar-refractivity contribution in [2.45, 2.75) is 19.8 Å². The van der Waals surface area contributed by atoms with Crippen LogP contribution in [0.25, 0.3) is 40.0 Å². The molecule has 0 unspecified atom stereocenters. The number of carbonyl (C=O) groups excluding carboxylic acids is 1. The van der Waals surface area contributed by atoms with Crippen LogP contribution in [0.1, 0.15) is 31.1 Å². The summed E-state index contributed by atoms with van der Waals surface area (Å²) in [7, 11) is 0. The maximum absolute atomic E-state index is 12.5. The number of nitrogens with one attached hydrogen (secondary N) is 2. The smallest absolute Gasteiger partial charge is 0.250 e. The molecule has 5 rings (SSSR count). The highest BCUT2D eigenvalue weighted by molar-refractivity contribution is 7.80. The van der Waals surface area contributed by atoms with E-state index in [2.05, 4.69) is 29.5 Å². The van der Waals surface area contributed by atoms with Gasteiger partial charge in [0.1, 0.15) is 17.0 Å². The van der Waals surface area contributed by atoms with Gasteiger partial charge in [-0.05, 0) is 84.4 Å². The fraction of sp³-hybridized carbons (Fsp3) is 0.100. The lowest BCUT2D eigenvalue weighted by atomic mass is 10.0. The summed E-state index contributed by atoms with van der Waals surface area (Å²) in [5.41, 5.74) is 4.50. The number of rotatable bonds is 6. The molecule has 2 aromatic heterocycles. The van der Waals surface area contributed by atoms with Crippen molar-refractivity contribution in [2.24, 2.45) is 0 Å². The van der Waals surface area contributed by atoms with E-state index >= 15 is 0 Å². The third-order valence-corrected chi connectivity index (χ3v) is 7.37. The van der Waals surface area contributed by atoms with Crippen LogP contribution in [0.15, 0.2) is 81.6 Å². The Labute approximate surface area is 250 Å². The molecule has 2 heterocycles. The number of fused-ring (bicyclic) bond motifs is 1. The van der Waals surface area contributed by atoms with Gasteiger partial charge in [0.25, 0.3) is 0 Å². The molecule has 40 heavy (non-hydrogen) atoms. The van der Waals surface area contributed by atoms with Gasteiger partial charge in [0.15, 0.2) is 10.7 Å². The average Bonchev–Trinajstić information content (AvgIpc) is 3.57. The van der Waals surface area contributed by atoms with Crippen LogP contribution >= 0.6 is 47.0 Å². The second-order valence-electron chi connectivity index (χ2n) is 9.18. The van der Waals surface area contributed by atoms with Gasteiger partial charge in [0.2, 0.25) is 11.8 Å². The first kappa shape index (κ1) is 27.9. The molecule has 1 amide bonds. The summed E-state index contributed by atoms with van der Waals surface area (Å²) in [6, 6.07) is 20.0. The first-order valence-corrected chi connectivity index (χ1v) is 13.8. The van der Waals surface area contributed by atoms with Crippen molar-refractivity contribution in [2.75, 3.05) is 5.32 Å². The molecule has 0 saturated heterocycles. The van der Waals surface area contributed by atoms with Gasteiger partial charge < -0.3 is 14.2 Å². The minimum Gasteiger partial charge on any atom is -0.457 e. The van der Waals surface area contributed by atoms with Crippen molar-refractivity contribution in [1.82, 2.24) is 10.3 Å². The number of hydrogen-bond acceptors (Lipinski definition) is 5. The fourth-order valence-electron chi connectivity index (χ4n) is 3.93. The Morgan fingerprint density at radius 1 is 0.975 bits per heavy atom. The molecular formula is C30H22Cl3N3O3S. The number of hydrogen-bond donors (Lipinski definition) is 2. The Hall–Kier alpha value is -3.62. The first-order chi connectivity index (χ1) is 19.2. The highest BCUT2D eigenvalue weighted by Crippen LogP contribution is 2.35. The number of amides is 1. The molecule has 6 nitrogen and oxygen atoms in total. The predicted octanol–water partition coefficient (Wildman–Crippen LogP) is 9.36. The number of halogens is 3. The summed E-state index contributed by atoms with van der Waals surface area (Å²) in [6.07, 6.45) is 2.82. The molecule has 0 spiro atoms. The second kappa shape index (κ2) is 11.9.